The molecular weight excluding hydrogens is 168 g/mol. The zero-order valence-electron chi connectivity index (χ0n) is 7.36. The Morgan fingerprint density at radius 1 is 1.31 bits per heavy atom. The maximum absolute atomic E-state index is 10.5. The van der Waals surface area contributed by atoms with E-state index in [2.05, 4.69) is 5.73 Å². The Hall–Kier alpha value is -1.84. The van der Waals surface area contributed by atoms with Crippen molar-refractivity contribution in [2.45, 2.75) is 6.92 Å². The highest BCUT2D eigenvalue weighted by Crippen LogP contribution is 2.00. The SMILES string of the molecule is Cc1ccc(C(N)=O)cc1.NC=O. The van der Waals surface area contributed by atoms with Crippen LogP contribution in [-0.4, -0.2) is 12.3 Å². The van der Waals surface area contributed by atoms with Gasteiger partial charge in [0.2, 0.25) is 12.3 Å². The molecule has 0 atom stereocenters. The van der Waals surface area contributed by atoms with Crippen LogP contribution in [0, 0.1) is 6.92 Å². The quantitative estimate of drug-likeness (QED) is 0.604. The van der Waals surface area contributed by atoms with Crippen LogP contribution >= 0.6 is 0 Å². The molecule has 0 aliphatic heterocycles. The van der Waals surface area contributed by atoms with E-state index in [1.54, 1.807) is 12.1 Å². The van der Waals surface area contributed by atoms with Crippen molar-refractivity contribution in [3.63, 3.8) is 0 Å². The second-order valence-electron chi connectivity index (χ2n) is 2.37. The number of amides is 2. The molecule has 1 aromatic rings. The molecule has 0 fully saturated rings. The molecule has 13 heavy (non-hydrogen) atoms. The first-order valence-corrected chi connectivity index (χ1v) is 3.63. The van der Waals surface area contributed by atoms with Gasteiger partial charge in [-0.2, -0.15) is 0 Å². The van der Waals surface area contributed by atoms with E-state index in [1.165, 1.54) is 0 Å². The molecule has 1 rings (SSSR count). The van der Waals surface area contributed by atoms with Crippen LogP contribution in [-0.2, 0) is 4.79 Å². The van der Waals surface area contributed by atoms with Gasteiger partial charge in [-0.1, -0.05) is 17.7 Å². The van der Waals surface area contributed by atoms with E-state index in [9.17, 15) is 4.79 Å². The Balaban J connectivity index is 0.000000424. The number of hydrogen-bond donors (Lipinski definition) is 2. The maximum Gasteiger partial charge on any atom is 0.248 e. The molecule has 70 valence electrons. The molecule has 0 aliphatic carbocycles. The average molecular weight is 180 g/mol. The molecule has 0 radical (unpaired) electrons. The highest BCUT2D eigenvalue weighted by atomic mass is 16.1. The highest BCUT2D eigenvalue weighted by molar-refractivity contribution is 5.92. The summed E-state index contributed by atoms with van der Waals surface area (Å²) in [7, 11) is 0. The number of benzene rings is 1. The number of nitrogens with two attached hydrogens (primary N) is 2. The minimum atomic E-state index is -0.375. The van der Waals surface area contributed by atoms with Crippen LogP contribution in [0.2, 0.25) is 0 Å². The molecule has 0 unspecified atom stereocenters. The standard InChI is InChI=1S/C8H9NO.CH3NO/c1-6-2-4-7(5-3-6)8(9)10;2-1-3/h2-5H,1H3,(H2,9,10);1H,(H2,2,3). The molecule has 0 aromatic heterocycles. The zero-order valence-corrected chi connectivity index (χ0v) is 7.36. The third-order valence-electron chi connectivity index (χ3n) is 1.34. The van der Waals surface area contributed by atoms with E-state index >= 15 is 0 Å². The molecule has 0 spiro atoms. The van der Waals surface area contributed by atoms with Crippen molar-refractivity contribution in [2.75, 3.05) is 0 Å². The van der Waals surface area contributed by atoms with E-state index in [0.29, 0.717) is 5.56 Å². The monoisotopic (exact) mass is 180 g/mol. The van der Waals surface area contributed by atoms with Gasteiger partial charge in [0, 0.05) is 5.56 Å². The summed E-state index contributed by atoms with van der Waals surface area (Å²) in [6.07, 6.45) is 0.250. The number of carbonyl (C=O) groups excluding carboxylic acids is 2. The minimum absolute atomic E-state index is 0.250. The van der Waals surface area contributed by atoms with Gasteiger partial charge in [-0.05, 0) is 19.1 Å². The molecular formula is C9H12N2O2. The van der Waals surface area contributed by atoms with Crippen LogP contribution in [0.1, 0.15) is 15.9 Å². The fourth-order valence-electron chi connectivity index (χ4n) is 0.718. The van der Waals surface area contributed by atoms with Crippen molar-refractivity contribution < 1.29 is 9.59 Å². The lowest BCUT2D eigenvalue weighted by Gasteiger charge is -1.93. The topological polar surface area (TPSA) is 86.2 Å². The third-order valence-corrected chi connectivity index (χ3v) is 1.34. The van der Waals surface area contributed by atoms with E-state index in [0.717, 1.165) is 5.56 Å². The summed E-state index contributed by atoms with van der Waals surface area (Å²) in [5.41, 5.74) is 10.9. The number of aryl methyl sites for hydroxylation is 1. The van der Waals surface area contributed by atoms with E-state index in [4.69, 9.17) is 10.5 Å². The summed E-state index contributed by atoms with van der Waals surface area (Å²) in [6, 6.07) is 7.16. The van der Waals surface area contributed by atoms with Gasteiger partial charge in [-0.25, -0.2) is 0 Å². The number of carbonyl (C=O) groups is 2. The fourth-order valence-corrected chi connectivity index (χ4v) is 0.718. The van der Waals surface area contributed by atoms with Crippen LogP contribution < -0.4 is 11.5 Å². The summed E-state index contributed by atoms with van der Waals surface area (Å²) in [5, 5.41) is 0. The molecule has 1 aromatic carbocycles. The highest BCUT2D eigenvalue weighted by Gasteiger charge is 1.95. The summed E-state index contributed by atoms with van der Waals surface area (Å²) in [4.78, 5) is 19.1. The van der Waals surface area contributed by atoms with Gasteiger partial charge in [0.1, 0.15) is 0 Å². The smallest absolute Gasteiger partial charge is 0.248 e. The minimum Gasteiger partial charge on any atom is -0.372 e. The Bertz CT molecular complexity index is 280. The van der Waals surface area contributed by atoms with Gasteiger partial charge >= 0.3 is 0 Å². The number of rotatable bonds is 1. The van der Waals surface area contributed by atoms with Crippen molar-refractivity contribution in [3.05, 3.63) is 35.4 Å². The second-order valence-corrected chi connectivity index (χ2v) is 2.37. The van der Waals surface area contributed by atoms with Crippen molar-refractivity contribution in [1.29, 1.82) is 0 Å². The molecule has 4 nitrogen and oxygen atoms in total. The summed E-state index contributed by atoms with van der Waals surface area (Å²) >= 11 is 0. The summed E-state index contributed by atoms with van der Waals surface area (Å²) in [5.74, 6) is -0.375. The Kier molecular flexibility index (Phi) is 4.95. The number of primary amides is 2. The van der Waals surface area contributed by atoms with E-state index < -0.39 is 0 Å². The molecule has 0 bridgehead atoms. The molecule has 0 heterocycles. The third kappa shape index (κ3) is 4.58. The van der Waals surface area contributed by atoms with Crippen LogP contribution in [0.15, 0.2) is 24.3 Å². The zero-order chi connectivity index (χ0) is 10.3. The van der Waals surface area contributed by atoms with Crippen molar-refractivity contribution in [2.24, 2.45) is 11.5 Å². The van der Waals surface area contributed by atoms with Crippen molar-refractivity contribution in [3.8, 4) is 0 Å². The van der Waals surface area contributed by atoms with Gasteiger partial charge < -0.3 is 11.5 Å². The van der Waals surface area contributed by atoms with Gasteiger partial charge in [-0.15, -0.1) is 0 Å². The molecule has 0 aliphatic rings. The molecule has 0 saturated carbocycles. The van der Waals surface area contributed by atoms with E-state index in [-0.39, 0.29) is 12.3 Å². The average Bonchev–Trinajstić information content (AvgIpc) is 2.06. The van der Waals surface area contributed by atoms with Gasteiger partial charge in [0.15, 0.2) is 0 Å². The van der Waals surface area contributed by atoms with Crippen LogP contribution in [0.5, 0.6) is 0 Å². The molecule has 4 heteroatoms. The first kappa shape index (κ1) is 11.2. The van der Waals surface area contributed by atoms with Crippen LogP contribution in [0.25, 0.3) is 0 Å². The van der Waals surface area contributed by atoms with Crippen molar-refractivity contribution in [1.82, 2.24) is 0 Å². The van der Waals surface area contributed by atoms with Gasteiger partial charge in [-0.3, -0.25) is 9.59 Å². The van der Waals surface area contributed by atoms with Gasteiger partial charge in [0.05, 0.1) is 0 Å². The number of hydrogen-bond acceptors (Lipinski definition) is 2. The Morgan fingerprint density at radius 2 is 1.69 bits per heavy atom. The summed E-state index contributed by atoms with van der Waals surface area (Å²) in [6.45, 7) is 1.96. The first-order chi connectivity index (χ1) is 6.11. The maximum atomic E-state index is 10.5. The molecule has 0 saturated heterocycles. The lowest BCUT2D eigenvalue weighted by molar-refractivity contribution is -0.106. The second kappa shape index (κ2) is 5.77. The van der Waals surface area contributed by atoms with Crippen LogP contribution in [0.4, 0.5) is 0 Å². The molecule has 4 N–H and O–H groups in total. The Labute approximate surface area is 76.5 Å². The predicted octanol–water partition coefficient (Wildman–Crippen LogP) is 0.195. The van der Waals surface area contributed by atoms with Gasteiger partial charge in [0.25, 0.3) is 0 Å². The lowest BCUT2D eigenvalue weighted by Crippen LogP contribution is -2.10. The lowest BCUT2D eigenvalue weighted by atomic mass is 10.1. The molecule has 2 amide bonds. The largest absolute Gasteiger partial charge is 0.372 e. The first-order valence-electron chi connectivity index (χ1n) is 3.63. The van der Waals surface area contributed by atoms with Crippen molar-refractivity contribution >= 4 is 12.3 Å². The Morgan fingerprint density at radius 3 is 2.00 bits per heavy atom. The van der Waals surface area contributed by atoms with Crippen LogP contribution in [0.3, 0.4) is 0 Å². The predicted molar refractivity (Wildman–Crippen MR) is 49.9 cm³/mol. The van der Waals surface area contributed by atoms with E-state index in [1.807, 2.05) is 19.1 Å². The summed E-state index contributed by atoms with van der Waals surface area (Å²) < 4.78 is 0. The normalized spacial score (nSPS) is 8.08. The fraction of sp³-hybridized carbons (Fsp3) is 0.111.